The number of anilines is 3. The summed E-state index contributed by atoms with van der Waals surface area (Å²) in [6.07, 6.45) is 7.12. The number of azo groups is 1. The van der Waals surface area contributed by atoms with Crippen LogP contribution >= 0.6 is 0 Å². The summed E-state index contributed by atoms with van der Waals surface area (Å²) in [5.74, 6) is -0.923. The molecule has 0 saturated heterocycles. The van der Waals surface area contributed by atoms with E-state index in [1.165, 1.54) is 48.6 Å². The van der Waals surface area contributed by atoms with Crippen LogP contribution in [0.4, 0.5) is 34.1 Å². The lowest BCUT2D eigenvalue weighted by molar-refractivity contribution is -0.384. The number of allylic oxidation sites excluding steroid dienone is 5. The van der Waals surface area contributed by atoms with E-state index in [2.05, 4.69) is 31.3 Å². The van der Waals surface area contributed by atoms with E-state index < -0.39 is 31.4 Å². The molecule has 4 aromatic rings. The number of Topliss-reactive ketones (excluding diaryl/α,β-unsaturated/α-hetero) is 1. The standard InChI is InChI=1S/C34H24N8O7S/c35-30-18-17-28-29(32(30)40-38-24-9-13-26(14-10-24)42(45)46)19-31(50(47,48)49)33(34(28)44)41-39-23-7-3-21(4-8-23)20-1-5-22(6-2-20)36-37-25-11-15-27(43)16-12-25/h1-19,36,39H,35H2,(H,47,48,49). The number of nitrogens with two attached hydrogens (primary N) is 1. The fraction of sp³-hybridized carbons (Fsp3) is 0. The molecule has 0 aliphatic heterocycles. The molecule has 0 bridgehead atoms. The molecule has 0 amide bonds. The molecule has 2 aliphatic rings. The van der Waals surface area contributed by atoms with Crippen LogP contribution in [0.25, 0.3) is 17.2 Å². The molecule has 16 heteroatoms. The van der Waals surface area contributed by atoms with Crippen LogP contribution < -0.4 is 16.6 Å². The first-order valence-electron chi connectivity index (χ1n) is 14.6. The Kier molecular flexibility index (Phi) is 9.03. The van der Waals surface area contributed by atoms with Crippen molar-refractivity contribution in [2.45, 2.75) is 0 Å². The lowest BCUT2D eigenvalue weighted by Gasteiger charge is -2.18. The number of rotatable bonds is 9. The van der Waals surface area contributed by atoms with Crippen LogP contribution in [0.15, 0.2) is 135 Å². The second-order valence-electron chi connectivity index (χ2n) is 10.7. The summed E-state index contributed by atoms with van der Waals surface area (Å²) in [7, 11) is -4.96. The number of carbonyl (C=O) groups is 2. The van der Waals surface area contributed by atoms with Crippen LogP contribution in [0.5, 0.6) is 0 Å². The van der Waals surface area contributed by atoms with Crippen molar-refractivity contribution in [1.29, 1.82) is 0 Å². The van der Waals surface area contributed by atoms with E-state index in [9.17, 15) is 32.7 Å². The Labute approximate surface area is 283 Å². The van der Waals surface area contributed by atoms with Gasteiger partial charge in [0.15, 0.2) is 11.5 Å². The SMILES string of the molecule is Nc1ccc2c(c1N=Nc1ccc([N+](=O)[O-])cc1)C=C(S(=O)(=O)O)C(=NNc1ccc(-c3ccc(NN=C4C=CC(=O)C=C4)cc3)cc1)C2=O. The zero-order valence-electron chi connectivity index (χ0n) is 25.6. The van der Waals surface area contributed by atoms with Crippen molar-refractivity contribution >= 4 is 73.3 Å². The van der Waals surface area contributed by atoms with Crippen molar-refractivity contribution in [2.24, 2.45) is 20.4 Å². The molecule has 2 aliphatic carbocycles. The van der Waals surface area contributed by atoms with Crippen LogP contribution in [0.3, 0.4) is 0 Å². The van der Waals surface area contributed by atoms with Gasteiger partial charge in [0, 0.05) is 23.3 Å². The molecule has 5 N–H and O–H groups in total. The zero-order chi connectivity index (χ0) is 35.4. The van der Waals surface area contributed by atoms with E-state index in [1.54, 1.807) is 36.4 Å². The first-order chi connectivity index (χ1) is 24.0. The molecule has 0 saturated carbocycles. The molecule has 0 unspecified atom stereocenters. The molecule has 4 aromatic carbocycles. The number of hydrazone groups is 2. The van der Waals surface area contributed by atoms with E-state index in [4.69, 9.17) is 5.73 Å². The Hall–Kier alpha value is -6.91. The molecule has 248 valence electrons. The summed E-state index contributed by atoms with van der Waals surface area (Å²) in [5.41, 5.74) is 14.7. The second-order valence-corrected chi connectivity index (χ2v) is 12.1. The molecule has 0 fully saturated rings. The van der Waals surface area contributed by atoms with Gasteiger partial charge in [-0.2, -0.15) is 23.7 Å². The number of non-ortho nitro benzene ring substituents is 1. The molecule has 0 heterocycles. The summed E-state index contributed by atoms with van der Waals surface area (Å²) < 4.78 is 34.9. The van der Waals surface area contributed by atoms with E-state index in [-0.39, 0.29) is 39.7 Å². The minimum atomic E-state index is -4.96. The molecular formula is C34H24N8O7S. The lowest BCUT2D eigenvalue weighted by Crippen LogP contribution is -2.27. The molecule has 0 aromatic heterocycles. The molecule has 6 rings (SSSR count). The van der Waals surface area contributed by atoms with Gasteiger partial charge in [0.2, 0.25) is 5.78 Å². The highest BCUT2D eigenvalue weighted by Crippen LogP contribution is 2.37. The van der Waals surface area contributed by atoms with Gasteiger partial charge in [0.25, 0.3) is 15.8 Å². The smallest absolute Gasteiger partial charge is 0.296 e. The Balaban J connectivity index is 1.21. The molecular weight excluding hydrogens is 664 g/mol. The normalized spacial score (nSPS) is 14.9. The largest absolute Gasteiger partial charge is 0.397 e. The number of nitrogens with one attached hydrogen (secondary N) is 2. The monoisotopic (exact) mass is 688 g/mol. The highest BCUT2D eigenvalue weighted by molar-refractivity contribution is 7.91. The van der Waals surface area contributed by atoms with Gasteiger partial charge in [-0.25, -0.2) is 0 Å². The van der Waals surface area contributed by atoms with Crippen molar-refractivity contribution in [3.8, 4) is 11.1 Å². The Bertz CT molecular complexity index is 2330. The maximum atomic E-state index is 13.6. The quantitative estimate of drug-likeness (QED) is 0.0367. The first kappa shape index (κ1) is 33.0. The lowest BCUT2D eigenvalue weighted by atomic mass is 9.92. The topological polar surface area (TPSA) is 231 Å². The number of hydrogen-bond donors (Lipinski definition) is 4. The Morgan fingerprint density at radius 3 is 1.88 bits per heavy atom. The summed E-state index contributed by atoms with van der Waals surface area (Å²) in [6.45, 7) is 0. The van der Waals surface area contributed by atoms with Gasteiger partial charge in [-0.3, -0.25) is 35.1 Å². The highest BCUT2D eigenvalue weighted by atomic mass is 32.2. The van der Waals surface area contributed by atoms with Gasteiger partial charge in [-0.05, 0) is 90.0 Å². The summed E-state index contributed by atoms with van der Waals surface area (Å²) >= 11 is 0. The van der Waals surface area contributed by atoms with E-state index in [0.717, 1.165) is 22.9 Å². The average Bonchev–Trinajstić information content (AvgIpc) is 3.10. The minimum Gasteiger partial charge on any atom is -0.397 e. The van der Waals surface area contributed by atoms with Crippen LogP contribution in [0.1, 0.15) is 15.9 Å². The molecule has 50 heavy (non-hydrogen) atoms. The minimum absolute atomic E-state index is 0.00579. The number of ketones is 2. The fourth-order valence-corrected chi connectivity index (χ4v) is 5.46. The molecule has 0 radical (unpaired) electrons. The number of fused-ring (bicyclic) bond motifs is 1. The predicted octanol–water partition coefficient (Wildman–Crippen LogP) is 6.62. The highest BCUT2D eigenvalue weighted by Gasteiger charge is 2.34. The van der Waals surface area contributed by atoms with Gasteiger partial charge in [-0.1, -0.05) is 24.3 Å². The van der Waals surface area contributed by atoms with Crippen LogP contribution in [0.2, 0.25) is 0 Å². The van der Waals surface area contributed by atoms with Crippen molar-refractivity contribution < 1.29 is 27.5 Å². The van der Waals surface area contributed by atoms with Crippen LogP contribution in [-0.4, -0.2) is 40.9 Å². The van der Waals surface area contributed by atoms with Crippen LogP contribution in [-0.2, 0) is 14.9 Å². The van der Waals surface area contributed by atoms with Crippen molar-refractivity contribution in [1.82, 2.24) is 0 Å². The van der Waals surface area contributed by atoms with Gasteiger partial charge in [0.05, 0.1) is 33.4 Å². The summed E-state index contributed by atoms with van der Waals surface area (Å²) in [5, 5.41) is 27.3. The van der Waals surface area contributed by atoms with Gasteiger partial charge in [0.1, 0.15) is 10.6 Å². The van der Waals surface area contributed by atoms with Gasteiger partial charge in [-0.15, -0.1) is 5.11 Å². The summed E-state index contributed by atoms with van der Waals surface area (Å²) in [6, 6.07) is 22.3. The van der Waals surface area contributed by atoms with Gasteiger partial charge < -0.3 is 5.73 Å². The number of nitrogens with zero attached hydrogens (tertiary/aromatic N) is 5. The maximum Gasteiger partial charge on any atom is 0.296 e. The predicted molar refractivity (Wildman–Crippen MR) is 189 cm³/mol. The average molecular weight is 689 g/mol. The number of nitro groups is 1. The Morgan fingerprint density at radius 2 is 1.32 bits per heavy atom. The van der Waals surface area contributed by atoms with Crippen molar-refractivity contribution in [3.05, 3.63) is 135 Å². The third-order valence-electron chi connectivity index (χ3n) is 7.37. The third kappa shape index (κ3) is 7.30. The van der Waals surface area contributed by atoms with Crippen molar-refractivity contribution in [3.63, 3.8) is 0 Å². The third-order valence-corrected chi connectivity index (χ3v) is 8.24. The molecule has 0 spiro atoms. The number of nitrogen functional groups attached to an aromatic ring is 1. The number of nitro benzene ring substituents is 1. The number of hydrogen-bond acceptors (Lipinski definition) is 13. The van der Waals surface area contributed by atoms with E-state index in [1.807, 2.05) is 24.3 Å². The maximum absolute atomic E-state index is 13.6. The number of carbonyl (C=O) groups excluding carboxylic acids is 2. The first-order valence-corrected chi connectivity index (χ1v) is 16.0. The molecule has 0 atom stereocenters. The summed E-state index contributed by atoms with van der Waals surface area (Å²) in [4.78, 5) is 34.4. The Morgan fingerprint density at radius 1 is 0.740 bits per heavy atom. The number of benzene rings is 4. The van der Waals surface area contributed by atoms with Crippen molar-refractivity contribution in [2.75, 3.05) is 16.6 Å². The second kappa shape index (κ2) is 13.7. The van der Waals surface area contributed by atoms with Gasteiger partial charge >= 0.3 is 0 Å². The van der Waals surface area contributed by atoms with E-state index in [0.29, 0.717) is 11.4 Å². The molecule has 15 nitrogen and oxygen atoms in total. The van der Waals surface area contributed by atoms with E-state index >= 15 is 0 Å². The zero-order valence-corrected chi connectivity index (χ0v) is 26.4. The fourth-order valence-electron chi connectivity index (χ4n) is 4.82. The van der Waals surface area contributed by atoms with Crippen LogP contribution in [0, 0.1) is 10.1 Å².